The van der Waals surface area contributed by atoms with Gasteiger partial charge in [0.2, 0.25) is 0 Å². The number of hydrogen-bond donors (Lipinski definition) is 1. The van der Waals surface area contributed by atoms with Crippen LogP contribution in [-0.4, -0.2) is 30.7 Å². The highest BCUT2D eigenvalue weighted by Crippen LogP contribution is 2.39. The summed E-state index contributed by atoms with van der Waals surface area (Å²) in [5, 5.41) is 11.3. The predicted octanol–water partition coefficient (Wildman–Crippen LogP) is 3.04. The molecule has 0 bridgehead atoms. The number of fused-ring (bicyclic) bond motifs is 1. The normalized spacial score (nSPS) is 21.6. The van der Waals surface area contributed by atoms with Gasteiger partial charge in [0, 0.05) is 13.1 Å². The first-order chi connectivity index (χ1) is 10.9. The van der Waals surface area contributed by atoms with Crippen LogP contribution in [0.15, 0.2) is 36.4 Å². The van der Waals surface area contributed by atoms with E-state index in [-0.39, 0.29) is 0 Å². The van der Waals surface area contributed by atoms with Crippen LogP contribution in [0.3, 0.4) is 0 Å². The van der Waals surface area contributed by atoms with Gasteiger partial charge in [-0.1, -0.05) is 12.1 Å². The first kappa shape index (κ1) is 15.9. The second-order valence-electron chi connectivity index (χ2n) is 6.00. The van der Waals surface area contributed by atoms with Crippen LogP contribution < -0.4 is 4.74 Å². The first-order valence-electron chi connectivity index (χ1n) is 7.48. The van der Waals surface area contributed by atoms with Gasteiger partial charge in [0.15, 0.2) is 11.6 Å². The van der Waals surface area contributed by atoms with E-state index in [9.17, 15) is 13.9 Å². The van der Waals surface area contributed by atoms with Crippen molar-refractivity contribution in [3.63, 3.8) is 0 Å². The maximum Gasteiger partial charge on any atom is 0.159 e. The highest BCUT2D eigenvalue weighted by Gasteiger charge is 2.36. The van der Waals surface area contributed by atoms with Crippen molar-refractivity contribution in [1.29, 1.82) is 0 Å². The maximum absolute atomic E-state index is 13.7. The lowest BCUT2D eigenvalue weighted by Gasteiger charge is -2.29. The van der Waals surface area contributed by atoms with Crippen LogP contribution in [0.1, 0.15) is 23.1 Å². The van der Waals surface area contributed by atoms with E-state index in [4.69, 9.17) is 4.74 Å². The van der Waals surface area contributed by atoms with Crippen molar-refractivity contribution in [3.05, 3.63) is 64.7 Å². The number of halogens is 2. The van der Waals surface area contributed by atoms with Crippen molar-refractivity contribution in [2.24, 2.45) is 0 Å². The summed E-state index contributed by atoms with van der Waals surface area (Å²) in [6, 6.07) is 9.03. The van der Waals surface area contributed by atoms with Gasteiger partial charge in [-0.05, 0) is 54.4 Å². The maximum atomic E-state index is 13.7. The predicted molar refractivity (Wildman–Crippen MR) is 83.3 cm³/mol. The Bertz CT molecular complexity index is 735. The second kappa shape index (κ2) is 5.91. The Morgan fingerprint density at radius 2 is 1.91 bits per heavy atom. The molecule has 2 aromatic carbocycles. The number of aliphatic hydroxyl groups is 1. The van der Waals surface area contributed by atoms with Crippen molar-refractivity contribution in [2.45, 2.75) is 18.6 Å². The minimum atomic E-state index is -1.36. The van der Waals surface area contributed by atoms with Crippen molar-refractivity contribution in [2.75, 3.05) is 20.7 Å². The highest BCUT2D eigenvalue weighted by atomic mass is 19.2. The minimum Gasteiger partial charge on any atom is -0.497 e. The van der Waals surface area contributed by atoms with Gasteiger partial charge in [-0.3, -0.25) is 0 Å². The molecule has 0 saturated heterocycles. The Balaban J connectivity index is 2.16. The lowest BCUT2D eigenvalue weighted by atomic mass is 9.82. The SMILES string of the molecule is COc1ccc2c(c1)CN(C)CCC2(O)c1ccc(F)c(F)c1. The molecule has 0 fully saturated rings. The molecule has 5 heteroatoms. The highest BCUT2D eigenvalue weighted by molar-refractivity contribution is 5.45. The van der Waals surface area contributed by atoms with Gasteiger partial charge in [0.25, 0.3) is 0 Å². The van der Waals surface area contributed by atoms with Gasteiger partial charge in [-0.25, -0.2) is 8.78 Å². The van der Waals surface area contributed by atoms with E-state index >= 15 is 0 Å². The molecule has 23 heavy (non-hydrogen) atoms. The monoisotopic (exact) mass is 319 g/mol. The molecule has 1 atom stereocenters. The Hall–Kier alpha value is -1.98. The summed E-state index contributed by atoms with van der Waals surface area (Å²) in [6.45, 7) is 1.28. The van der Waals surface area contributed by atoms with Crippen LogP contribution in [0, 0.1) is 11.6 Å². The molecule has 1 heterocycles. The average Bonchev–Trinajstić information content (AvgIpc) is 2.67. The molecule has 3 nitrogen and oxygen atoms in total. The number of ether oxygens (including phenoxy) is 1. The summed E-state index contributed by atoms with van der Waals surface area (Å²) in [5.41, 5.74) is 0.615. The molecule has 0 saturated carbocycles. The molecular weight excluding hydrogens is 300 g/mol. The molecule has 2 aromatic rings. The molecule has 1 N–H and O–H groups in total. The smallest absolute Gasteiger partial charge is 0.159 e. The summed E-state index contributed by atoms with van der Waals surface area (Å²) in [7, 11) is 3.55. The van der Waals surface area contributed by atoms with Crippen molar-refractivity contribution < 1.29 is 18.6 Å². The Morgan fingerprint density at radius 1 is 1.13 bits per heavy atom. The minimum absolute atomic E-state index is 0.359. The Morgan fingerprint density at radius 3 is 2.61 bits per heavy atom. The van der Waals surface area contributed by atoms with Gasteiger partial charge in [0.05, 0.1) is 7.11 Å². The van der Waals surface area contributed by atoms with E-state index in [2.05, 4.69) is 4.90 Å². The molecule has 1 aliphatic rings. The Kier molecular flexibility index (Phi) is 4.08. The number of methoxy groups -OCH3 is 1. The van der Waals surface area contributed by atoms with Crippen LogP contribution in [0.2, 0.25) is 0 Å². The topological polar surface area (TPSA) is 32.7 Å². The molecule has 0 amide bonds. The van der Waals surface area contributed by atoms with E-state index in [1.165, 1.54) is 6.07 Å². The van der Waals surface area contributed by atoms with E-state index in [0.717, 1.165) is 17.7 Å². The van der Waals surface area contributed by atoms with Gasteiger partial charge >= 0.3 is 0 Å². The summed E-state index contributed by atoms with van der Waals surface area (Å²) >= 11 is 0. The number of hydrogen-bond acceptors (Lipinski definition) is 3. The fraction of sp³-hybridized carbons (Fsp3) is 0.333. The number of benzene rings is 2. The van der Waals surface area contributed by atoms with E-state index in [1.807, 2.05) is 13.1 Å². The third-order valence-electron chi connectivity index (χ3n) is 4.45. The molecule has 1 unspecified atom stereocenters. The zero-order valence-electron chi connectivity index (χ0n) is 13.1. The van der Waals surface area contributed by atoms with Crippen LogP contribution in [0.5, 0.6) is 5.75 Å². The molecule has 0 spiro atoms. The largest absolute Gasteiger partial charge is 0.497 e. The molecule has 0 aromatic heterocycles. The fourth-order valence-corrected chi connectivity index (χ4v) is 3.14. The third-order valence-corrected chi connectivity index (χ3v) is 4.45. The zero-order valence-corrected chi connectivity index (χ0v) is 13.1. The second-order valence-corrected chi connectivity index (χ2v) is 6.00. The van der Waals surface area contributed by atoms with Crippen LogP contribution in [-0.2, 0) is 12.1 Å². The third kappa shape index (κ3) is 2.82. The van der Waals surface area contributed by atoms with Crippen LogP contribution in [0.4, 0.5) is 8.78 Å². The van der Waals surface area contributed by atoms with Gasteiger partial charge < -0.3 is 14.7 Å². The fourth-order valence-electron chi connectivity index (χ4n) is 3.14. The van der Waals surface area contributed by atoms with Gasteiger partial charge in [0.1, 0.15) is 11.4 Å². The van der Waals surface area contributed by atoms with E-state index < -0.39 is 17.2 Å². The summed E-state index contributed by atoms with van der Waals surface area (Å²) in [5.74, 6) is -1.17. The molecule has 0 radical (unpaired) electrons. The lowest BCUT2D eigenvalue weighted by molar-refractivity contribution is 0.0660. The first-order valence-corrected chi connectivity index (χ1v) is 7.48. The van der Waals surface area contributed by atoms with E-state index in [0.29, 0.717) is 36.4 Å². The average molecular weight is 319 g/mol. The van der Waals surface area contributed by atoms with Crippen molar-refractivity contribution >= 4 is 0 Å². The van der Waals surface area contributed by atoms with Crippen molar-refractivity contribution in [1.82, 2.24) is 4.90 Å². The lowest BCUT2D eigenvalue weighted by Crippen LogP contribution is -2.30. The summed E-state index contributed by atoms with van der Waals surface area (Å²) < 4.78 is 32.2. The van der Waals surface area contributed by atoms with Crippen molar-refractivity contribution in [3.8, 4) is 5.75 Å². The van der Waals surface area contributed by atoms with E-state index in [1.54, 1.807) is 19.2 Å². The summed E-state index contributed by atoms with van der Waals surface area (Å²) in [4.78, 5) is 2.08. The summed E-state index contributed by atoms with van der Waals surface area (Å²) in [6.07, 6.45) is 0.397. The standard InChI is InChI=1S/C18H19F2NO2/c1-21-8-7-18(22,13-3-6-16(19)17(20)10-13)15-5-4-14(23-2)9-12(15)11-21/h3-6,9-10,22H,7-8,11H2,1-2H3. The van der Waals surface area contributed by atoms with Crippen LogP contribution in [0.25, 0.3) is 0 Å². The van der Waals surface area contributed by atoms with Crippen LogP contribution >= 0.6 is 0 Å². The van der Waals surface area contributed by atoms with Gasteiger partial charge in [-0.2, -0.15) is 0 Å². The number of nitrogens with zero attached hydrogens (tertiary/aromatic N) is 1. The molecule has 122 valence electrons. The molecular formula is C18H19F2NO2. The number of rotatable bonds is 2. The Labute approximate surface area is 134 Å². The quantitative estimate of drug-likeness (QED) is 0.923. The molecule has 0 aliphatic carbocycles. The molecule has 1 aliphatic heterocycles. The van der Waals surface area contributed by atoms with Gasteiger partial charge in [-0.15, -0.1) is 0 Å². The molecule has 3 rings (SSSR count). The zero-order chi connectivity index (χ0) is 16.6.